The van der Waals surface area contributed by atoms with Gasteiger partial charge >= 0.3 is 0 Å². The van der Waals surface area contributed by atoms with Crippen LogP contribution in [-0.2, 0) is 0 Å². The average molecular weight is 331 g/mol. The fourth-order valence-electron chi connectivity index (χ4n) is 2.04. The zero-order valence-electron chi connectivity index (χ0n) is 11.3. The predicted molar refractivity (Wildman–Crippen MR) is 79.4 cm³/mol. The molecular weight excluding hydrogens is 314 g/mol. The van der Waals surface area contributed by atoms with Crippen LogP contribution in [0.2, 0.25) is 5.15 Å². The Balaban J connectivity index is 2.89. The zero-order valence-corrected chi connectivity index (χ0v) is 13.6. The Morgan fingerprint density at radius 2 is 1.78 bits per heavy atom. The van der Waals surface area contributed by atoms with E-state index in [1.54, 1.807) is 0 Å². The highest BCUT2D eigenvalue weighted by Gasteiger charge is 2.20. The van der Waals surface area contributed by atoms with Crippen LogP contribution < -0.4 is 0 Å². The van der Waals surface area contributed by atoms with Gasteiger partial charge in [0.25, 0.3) is 0 Å². The maximum Gasteiger partial charge on any atom is 0.146 e. The van der Waals surface area contributed by atoms with Crippen LogP contribution in [0.25, 0.3) is 11.0 Å². The minimum absolute atomic E-state index is 0.264. The van der Waals surface area contributed by atoms with Crippen molar-refractivity contribution in [2.75, 3.05) is 0 Å². The summed E-state index contributed by atoms with van der Waals surface area (Å²) in [5.41, 5.74) is 1.88. The average Bonchev–Trinajstić information content (AvgIpc) is 2.51. The van der Waals surface area contributed by atoms with Crippen LogP contribution in [0.4, 0.5) is 0 Å². The molecule has 2 aromatic heterocycles. The third-order valence-electron chi connectivity index (χ3n) is 2.96. The maximum atomic E-state index is 6.38. The fraction of sp³-hybridized carbons (Fsp3) is 0.538. The lowest BCUT2D eigenvalue weighted by atomic mass is 10.2. The monoisotopic (exact) mass is 329 g/mol. The Morgan fingerprint density at radius 3 is 2.28 bits per heavy atom. The second-order valence-corrected chi connectivity index (χ2v) is 6.24. The van der Waals surface area contributed by atoms with E-state index in [2.05, 4.69) is 53.6 Å². The van der Waals surface area contributed by atoms with Crippen molar-refractivity contribution in [2.24, 2.45) is 0 Å². The predicted octanol–water partition coefficient (Wildman–Crippen LogP) is 4.86. The zero-order chi connectivity index (χ0) is 13.6. The quantitative estimate of drug-likeness (QED) is 0.787. The van der Waals surface area contributed by atoms with Gasteiger partial charge < -0.3 is 4.57 Å². The van der Waals surface area contributed by atoms with Gasteiger partial charge in [-0.15, -0.1) is 0 Å². The molecule has 0 aromatic carbocycles. The van der Waals surface area contributed by atoms with Crippen molar-refractivity contribution in [3.63, 3.8) is 0 Å². The number of aryl methyl sites for hydroxylation is 1. The number of hydrogen-bond acceptors (Lipinski definition) is 2. The Bertz CT molecular complexity index is 602. The van der Waals surface area contributed by atoms with Crippen LogP contribution in [0.5, 0.6) is 0 Å². The van der Waals surface area contributed by atoms with Crippen molar-refractivity contribution in [1.82, 2.24) is 14.5 Å². The Morgan fingerprint density at radius 1 is 1.17 bits per heavy atom. The van der Waals surface area contributed by atoms with Crippen molar-refractivity contribution in [3.8, 4) is 0 Å². The van der Waals surface area contributed by atoms with E-state index < -0.39 is 0 Å². The Kier molecular flexibility index (Phi) is 3.70. The van der Waals surface area contributed by atoms with Crippen LogP contribution in [0.3, 0.4) is 0 Å². The molecule has 98 valence electrons. The van der Waals surface area contributed by atoms with Crippen LogP contribution in [0.1, 0.15) is 51.2 Å². The molecular formula is C13H17BrClN3. The van der Waals surface area contributed by atoms with Crippen molar-refractivity contribution < 1.29 is 0 Å². The van der Waals surface area contributed by atoms with Gasteiger partial charge in [0.1, 0.15) is 16.6 Å². The molecule has 5 heteroatoms. The lowest BCUT2D eigenvalue weighted by Crippen LogP contribution is -2.05. The van der Waals surface area contributed by atoms with Gasteiger partial charge in [0.05, 0.1) is 15.6 Å². The Hall–Kier alpha value is -0.610. The highest BCUT2D eigenvalue weighted by molar-refractivity contribution is 9.10. The molecule has 0 saturated heterocycles. The number of nitrogens with zero attached hydrogens (tertiary/aromatic N) is 3. The molecule has 2 rings (SSSR count). The normalized spacial score (nSPS) is 12.1. The topological polar surface area (TPSA) is 30.7 Å². The number of hydrogen-bond donors (Lipinski definition) is 0. The van der Waals surface area contributed by atoms with E-state index in [-0.39, 0.29) is 6.04 Å². The molecule has 0 bridgehead atoms. The molecule has 0 saturated carbocycles. The molecule has 2 aromatic rings. The van der Waals surface area contributed by atoms with E-state index in [0.29, 0.717) is 11.1 Å². The summed E-state index contributed by atoms with van der Waals surface area (Å²) in [6.07, 6.45) is 0. The van der Waals surface area contributed by atoms with Crippen molar-refractivity contribution in [3.05, 3.63) is 21.1 Å². The lowest BCUT2D eigenvalue weighted by Gasteiger charge is -2.12. The molecule has 0 fully saturated rings. The van der Waals surface area contributed by atoms with Gasteiger partial charge in [0, 0.05) is 12.0 Å². The number of aromatic nitrogens is 3. The van der Waals surface area contributed by atoms with E-state index in [1.165, 1.54) is 0 Å². The van der Waals surface area contributed by atoms with Gasteiger partial charge in [0.2, 0.25) is 0 Å². The van der Waals surface area contributed by atoms with Gasteiger partial charge in [-0.1, -0.05) is 25.4 Å². The molecule has 2 heterocycles. The summed E-state index contributed by atoms with van der Waals surface area (Å²) in [7, 11) is 0. The summed E-state index contributed by atoms with van der Waals surface area (Å²) in [5, 5.41) is 1.71. The van der Waals surface area contributed by atoms with Gasteiger partial charge in [-0.25, -0.2) is 9.97 Å². The number of fused-ring (bicyclic) bond motifs is 1. The van der Waals surface area contributed by atoms with Crippen LogP contribution in [0, 0.1) is 6.92 Å². The molecule has 0 aliphatic rings. The van der Waals surface area contributed by atoms with Crippen molar-refractivity contribution in [1.29, 1.82) is 0 Å². The first-order valence-electron chi connectivity index (χ1n) is 6.08. The summed E-state index contributed by atoms with van der Waals surface area (Å²) >= 11 is 9.93. The standard InChI is InChI=1S/C13H17BrClN3/c1-6(2)12-16-8(5)9-10(14)11(15)18(7(3)4)13(9)17-12/h6-7H,1-5H3. The minimum Gasteiger partial charge on any atom is -0.313 e. The smallest absolute Gasteiger partial charge is 0.146 e. The molecule has 0 aliphatic carbocycles. The van der Waals surface area contributed by atoms with E-state index in [9.17, 15) is 0 Å². The molecule has 18 heavy (non-hydrogen) atoms. The summed E-state index contributed by atoms with van der Waals surface area (Å²) in [6, 6.07) is 0.264. The molecule has 0 amide bonds. The molecule has 0 radical (unpaired) electrons. The third-order valence-corrected chi connectivity index (χ3v) is 4.33. The summed E-state index contributed by atoms with van der Waals surface area (Å²) in [6.45, 7) is 10.4. The van der Waals surface area contributed by atoms with Gasteiger partial charge in [-0.2, -0.15) is 0 Å². The molecule has 0 spiro atoms. The first-order valence-corrected chi connectivity index (χ1v) is 7.25. The van der Waals surface area contributed by atoms with Gasteiger partial charge in [-0.05, 0) is 36.7 Å². The molecule has 0 aliphatic heterocycles. The Labute approximate surface area is 121 Å². The highest BCUT2D eigenvalue weighted by Crippen LogP contribution is 2.37. The van der Waals surface area contributed by atoms with Crippen molar-refractivity contribution >= 4 is 38.6 Å². The van der Waals surface area contributed by atoms with E-state index in [0.717, 1.165) is 27.0 Å². The van der Waals surface area contributed by atoms with Gasteiger partial charge in [0.15, 0.2) is 0 Å². The first kappa shape index (κ1) is 13.8. The fourth-order valence-corrected chi connectivity index (χ4v) is 3.07. The van der Waals surface area contributed by atoms with Crippen LogP contribution in [-0.4, -0.2) is 14.5 Å². The molecule has 0 atom stereocenters. The number of halogens is 2. The molecule has 0 unspecified atom stereocenters. The third kappa shape index (κ3) is 2.05. The van der Waals surface area contributed by atoms with E-state index in [4.69, 9.17) is 11.6 Å². The van der Waals surface area contributed by atoms with E-state index in [1.807, 2.05) is 11.5 Å². The number of rotatable bonds is 2. The largest absolute Gasteiger partial charge is 0.313 e. The van der Waals surface area contributed by atoms with Crippen molar-refractivity contribution in [2.45, 2.75) is 46.6 Å². The van der Waals surface area contributed by atoms with E-state index >= 15 is 0 Å². The second kappa shape index (κ2) is 4.82. The van der Waals surface area contributed by atoms with Crippen LogP contribution >= 0.6 is 27.5 Å². The molecule has 0 N–H and O–H groups in total. The first-order chi connectivity index (χ1) is 8.34. The minimum atomic E-state index is 0.264. The lowest BCUT2D eigenvalue weighted by molar-refractivity contribution is 0.615. The van der Waals surface area contributed by atoms with Gasteiger partial charge in [-0.3, -0.25) is 0 Å². The molecule has 3 nitrogen and oxygen atoms in total. The SMILES string of the molecule is Cc1nc(C(C)C)nc2c1c(Br)c(Cl)n2C(C)C. The summed E-state index contributed by atoms with van der Waals surface area (Å²) in [5.74, 6) is 1.17. The summed E-state index contributed by atoms with van der Waals surface area (Å²) in [4.78, 5) is 9.24. The summed E-state index contributed by atoms with van der Waals surface area (Å²) < 4.78 is 2.93. The maximum absolute atomic E-state index is 6.38. The second-order valence-electron chi connectivity index (χ2n) is 5.09. The highest BCUT2D eigenvalue weighted by atomic mass is 79.9. The van der Waals surface area contributed by atoms with Crippen LogP contribution in [0.15, 0.2) is 4.47 Å².